The maximum Gasteiger partial charge on any atom is 0.193 e. The van der Waals surface area contributed by atoms with E-state index < -0.39 is 0 Å². The van der Waals surface area contributed by atoms with Gasteiger partial charge in [0.25, 0.3) is 0 Å². The molecular weight excluding hydrogens is 198 g/mol. The molecule has 0 rings (SSSR count). The number of aliphatic imine (C=N–C) groups is 1. The summed E-state index contributed by atoms with van der Waals surface area (Å²) in [6, 6.07) is 0. The van der Waals surface area contributed by atoms with E-state index in [0.29, 0.717) is 0 Å². The fourth-order valence-electron chi connectivity index (χ4n) is 1.54. The number of rotatable bonds is 8. The Morgan fingerprint density at radius 1 is 1.38 bits per heavy atom. The number of nitrogens with one attached hydrogen (secondary N) is 1. The third-order valence-electron chi connectivity index (χ3n) is 2.51. The Morgan fingerprint density at radius 3 is 2.69 bits per heavy atom. The van der Waals surface area contributed by atoms with Crippen LogP contribution in [0, 0.1) is 0 Å². The van der Waals surface area contributed by atoms with Gasteiger partial charge in [0.2, 0.25) is 0 Å². The van der Waals surface area contributed by atoms with Crippen molar-refractivity contribution in [1.29, 1.82) is 0 Å². The van der Waals surface area contributed by atoms with Crippen LogP contribution in [0.25, 0.3) is 0 Å². The highest BCUT2D eigenvalue weighted by molar-refractivity contribution is 5.79. The van der Waals surface area contributed by atoms with Crippen molar-refractivity contribution in [3.63, 3.8) is 0 Å². The second kappa shape index (κ2) is 10.5. The van der Waals surface area contributed by atoms with Gasteiger partial charge in [-0.2, -0.15) is 0 Å². The zero-order valence-electron chi connectivity index (χ0n) is 11.1. The first-order valence-corrected chi connectivity index (χ1v) is 6.29. The van der Waals surface area contributed by atoms with Gasteiger partial charge in [0, 0.05) is 27.2 Å². The molecule has 0 amide bonds. The van der Waals surface area contributed by atoms with Gasteiger partial charge < -0.3 is 10.2 Å². The van der Waals surface area contributed by atoms with Crippen LogP contribution in [0.3, 0.4) is 0 Å². The first kappa shape index (κ1) is 15.0. The van der Waals surface area contributed by atoms with Crippen LogP contribution in [0.1, 0.15) is 39.0 Å². The number of allylic oxidation sites excluding steroid dienone is 1. The minimum absolute atomic E-state index is 0.994. The molecule has 0 aromatic carbocycles. The number of guanidine groups is 1. The first-order chi connectivity index (χ1) is 7.76. The van der Waals surface area contributed by atoms with Crippen LogP contribution in [-0.4, -0.2) is 38.0 Å². The maximum absolute atomic E-state index is 4.26. The molecule has 0 aromatic rings. The quantitative estimate of drug-likeness (QED) is 0.298. The molecule has 0 spiro atoms. The predicted octanol–water partition coefficient (Wildman–Crippen LogP) is 2.65. The van der Waals surface area contributed by atoms with Gasteiger partial charge >= 0.3 is 0 Å². The normalized spacial score (nSPS) is 11.3. The highest BCUT2D eigenvalue weighted by Gasteiger charge is 2.03. The lowest BCUT2D eigenvalue weighted by molar-refractivity contribution is 0.455. The number of hydrogen-bond donors (Lipinski definition) is 1. The Hall–Kier alpha value is -0.990. The van der Waals surface area contributed by atoms with E-state index in [1.807, 2.05) is 13.1 Å². The van der Waals surface area contributed by atoms with Crippen molar-refractivity contribution in [2.24, 2.45) is 4.99 Å². The summed E-state index contributed by atoms with van der Waals surface area (Å²) in [7, 11) is 3.94. The van der Waals surface area contributed by atoms with Gasteiger partial charge in [-0.05, 0) is 25.7 Å². The highest BCUT2D eigenvalue weighted by atomic mass is 15.3. The molecule has 0 aliphatic rings. The summed E-state index contributed by atoms with van der Waals surface area (Å²) < 4.78 is 0. The third-order valence-corrected chi connectivity index (χ3v) is 2.51. The molecule has 0 fully saturated rings. The van der Waals surface area contributed by atoms with Gasteiger partial charge in [0.15, 0.2) is 5.96 Å². The second-order valence-electron chi connectivity index (χ2n) is 4.03. The number of nitrogens with zero attached hydrogens (tertiary/aromatic N) is 2. The average Bonchev–Trinajstić information content (AvgIpc) is 2.30. The molecule has 0 heterocycles. The van der Waals surface area contributed by atoms with Crippen LogP contribution in [0.2, 0.25) is 0 Å². The SMILES string of the molecule is C=CCCCCCN(C)C(=NC)NCCC. The minimum Gasteiger partial charge on any atom is -0.356 e. The van der Waals surface area contributed by atoms with Crippen molar-refractivity contribution in [3.05, 3.63) is 12.7 Å². The molecule has 0 aliphatic heterocycles. The van der Waals surface area contributed by atoms with Gasteiger partial charge in [0.1, 0.15) is 0 Å². The average molecular weight is 225 g/mol. The van der Waals surface area contributed by atoms with Crippen molar-refractivity contribution in [1.82, 2.24) is 10.2 Å². The standard InChI is InChI=1S/C13H27N3/c1-5-7-8-9-10-12-16(4)13(14-3)15-11-6-2/h5H,1,6-12H2,2-4H3,(H,14,15). The summed E-state index contributed by atoms with van der Waals surface area (Å²) in [6.45, 7) is 7.95. The van der Waals surface area contributed by atoms with E-state index in [4.69, 9.17) is 0 Å². The topological polar surface area (TPSA) is 27.6 Å². The van der Waals surface area contributed by atoms with Crippen molar-refractivity contribution in [2.45, 2.75) is 39.0 Å². The van der Waals surface area contributed by atoms with E-state index >= 15 is 0 Å². The fourth-order valence-corrected chi connectivity index (χ4v) is 1.54. The highest BCUT2D eigenvalue weighted by Crippen LogP contribution is 2.01. The van der Waals surface area contributed by atoms with Crippen molar-refractivity contribution < 1.29 is 0 Å². The minimum atomic E-state index is 0.994. The summed E-state index contributed by atoms with van der Waals surface area (Å²) in [5, 5.41) is 3.33. The molecular formula is C13H27N3. The molecule has 1 N–H and O–H groups in total. The molecule has 0 radical (unpaired) electrons. The van der Waals surface area contributed by atoms with E-state index in [1.165, 1.54) is 19.3 Å². The molecule has 94 valence electrons. The molecule has 3 nitrogen and oxygen atoms in total. The molecule has 3 heteroatoms. The Labute approximate surface area is 101 Å². The summed E-state index contributed by atoms with van der Waals surface area (Å²) in [6.07, 6.45) is 7.99. The molecule has 0 unspecified atom stereocenters. The number of hydrogen-bond acceptors (Lipinski definition) is 1. The van der Waals surface area contributed by atoms with Gasteiger partial charge in [-0.15, -0.1) is 6.58 Å². The lowest BCUT2D eigenvalue weighted by atomic mass is 10.2. The summed E-state index contributed by atoms with van der Waals surface area (Å²) in [4.78, 5) is 6.45. The lowest BCUT2D eigenvalue weighted by Crippen LogP contribution is -2.39. The van der Waals surface area contributed by atoms with Crippen molar-refractivity contribution in [2.75, 3.05) is 27.2 Å². The molecule has 0 aromatic heterocycles. The molecule has 0 aliphatic carbocycles. The summed E-state index contributed by atoms with van der Waals surface area (Å²) >= 11 is 0. The van der Waals surface area contributed by atoms with Gasteiger partial charge in [-0.25, -0.2) is 0 Å². The van der Waals surface area contributed by atoms with Gasteiger partial charge in [-0.1, -0.05) is 19.4 Å². The van der Waals surface area contributed by atoms with Gasteiger partial charge in [-0.3, -0.25) is 4.99 Å². The van der Waals surface area contributed by atoms with Crippen LogP contribution in [0.4, 0.5) is 0 Å². The molecule has 16 heavy (non-hydrogen) atoms. The van der Waals surface area contributed by atoms with Crippen LogP contribution in [-0.2, 0) is 0 Å². The smallest absolute Gasteiger partial charge is 0.193 e. The fraction of sp³-hybridized carbons (Fsp3) is 0.769. The Kier molecular flexibility index (Phi) is 9.87. The summed E-state index contributed by atoms with van der Waals surface area (Å²) in [5.74, 6) is 1.01. The van der Waals surface area contributed by atoms with E-state index in [-0.39, 0.29) is 0 Å². The van der Waals surface area contributed by atoms with Crippen LogP contribution < -0.4 is 5.32 Å². The zero-order valence-corrected chi connectivity index (χ0v) is 11.1. The zero-order chi connectivity index (χ0) is 12.2. The van der Waals surface area contributed by atoms with E-state index in [2.05, 4.69) is 35.8 Å². The van der Waals surface area contributed by atoms with Crippen molar-refractivity contribution in [3.8, 4) is 0 Å². The third kappa shape index (κ3) is 7.32. The molecule has 0 atom stereocenters. The van der Waals surface area contributed by atoms with Crippen LogP contribution >= 0.6 is 0 Å². The first-order valence-electron chi connectivity index (χ1n) is 6.29. The maximum atomic E-state index is 4.26. The molecule has 0 saturated heterocycles. The molecule has 0 saturated carbocycles. The Bertz CT molecular complexity index is 199. The predicted molar refractivity (Wildman–Crippen MR) is 72.9 cm³/mol. The monoisotopic (exact) mass is 225 g/mol. The van der Waals surface area contributed by atoms with E-state index in [1.54, 1.807) is 0 Å². The Morgan fingerprint density at radius 2 is 2.12 bits per heavy atom. The lowest BCUT2D eigenvalue weighted by Gasteiger charge is -2.21. The van der Waals surface area contributed by atoms with Gasteiger partial charge in [0.05, 0.1) is 0 Å². The Balaban J connectivity index is 3.67. The van der Waals surface area contributed by atoms with Crippen LogP contribution in [0.5, 0.6) is 0 Å². The summed E-state index contributed by atoms with van der Waals surface area (Å²) in [5.41, 5.74) is 0. The van der Waals surface area contributed by atoms with Crippen LogP contribution in [0.15, 0.2) is 17.6 Å². The number of unbranched alkanes of at least 4 members (excludes halogenated alkanes) is 3. The second-order valence-corrected chi connectivity index (χ2v) is 4.03. The molecule has 0 bridgehead atoms. The van der Waals surface area contributed by atoms with E-state index in [0.717, 1.165) is 31.9 Å². The van der Waals surface area contributed by atoms with E-state index in [9.17, 15) is 0 Å². The van der Waals surface area contributed by atoms with Crippen molar-refractivity contribution >= 4 is 5.96 Å². The largest absolute Gasteiger partial charge is 0.356 e.